The van der Waals surface area contributed by atoms with Gasteiger partial charge in [0.1, 0.15) is 5.75 Å². The van der Waals surface area contributed by atoms with Gasteiger partial charge in [0, 0.05) is 18.0 Å². The fourth-order valence-electron chi connectivity index (χ4n) is 1.95. The quantitative estimate of drug-likeness (QED) is 0.783. The summed E-state index contributed by atoms with van der Waals surface area (Å²) in [6.07, 6.45) is 3.62. The van der Waals surface area contributed by atoms with Crippen molar-refractivity contribution in [3.05, 3.63) is 66.6 Å². The molecule has 0 saturated heterocycles. The number of ether oxygens (including phenoxy) is 1. The maximum atomic E-state index is 5.12. The Hall–Kier alpha value is -3.15. The molecular formula is C16H15N5O. The van der Waals surface area contributed by atoms with Gasteiger partial charge in [-0.25, -0.2) is 0 Å². The molecule has 1 N–H and O–H groups in total. The Morgan fingerprint density at radius 3 is 2.55 bits per heavy atom. The molecule has 0 spiro atoms. The Labute approximate surface area is 128 Å². The summed E-state index contributed by atoms with van der Waals surface area (Å²) in [5, 5.41) is 14.9. The van der Waals surface area contributed by atoms with Crippen molar-refractivity contribution in [3.8, 4) is 11.4 Å². The number of benzene rings is 2. The molecule has 0 saturated carbocycles. The highest BCUT2D eigenvalue weighted by atomic mass is 16.5. The fourth-order valence-corrected chi connectivity index (χ4v) is 1.95. The van der Waals surface area contributed by atoms with Crippen molar-refractivity contribution in [3.63, 3.8) is 0 Å². The van der Waals surface area contributed by atoms with Crippen LogP contribution in [-0.4, -0.2) is 27.3 Å². The first-order valence-electron chi connectivity index (χ1n) is 6.78. The maximum absolute atomic E-state index is 5.12. The van der Waals surface area contributed by atoms with E-state index < -0.39 is 0 Å². The second-order valence-corrected chi connectivity index (χ2v) is 4.49. The van der Waals surface area contributed by atoms with Crippen LogP contribution in [0, 0.1) is 0 Å². The van der Waals surface area contributed by atoms with Crippen LogP contribution in [0.2, 0.25) is 0 Å². The third kappa shape index (κ3) is 3.12. The number of aromatic nitrogens is 4. The summed E-state index contributed by atoms with van der Waals surface area (Å²) in [5.41, 5.74) is 1.87. The molecule has 0 amide bonds. The van der Waals surface area contributed by atoms with E-state index in [0.29, 0.717) is 5.82 Å². The van der Waals surface area contributed by atoms with Gasteiger partial charge in [0.15, 0.2) is 5.82 Å². The molecule has 6 heteroatoms. The van der Waals surface area contributed by atoms with E-state index in [1.54, 1.807) is 18.0 Å². The monoisotopic (exact) mass is 293 g/mol. The number of rotatable bonds is 5. The first-order chi connectivity index (χ1) is 10.9. The number of anilines is 1. The highest BCUT2D eigenvalue weighted by molar-refractivity contribution is 5.53. The average molecular weight is 293 g/mol. The lowest BCUT2D eigenvalue weighted by Crippen LogP contribution is -1.99. The Morgan fingerprint density at radius 2 is 1.82 bits per heavy atom. The van der Waals surface area contributed by atoms with Gasteiger partial charge in [0.25, 0.3) is 0 Å². The van der Waals surface area contributed by atoms with Crippen LogP contribution < -0.4 is 10.1 Å². The second-order valence-electron chi connectivity index (χ2n) is 4.49. The molecule has 0 bridgehead atoms. The number of para-hydroxylation sites is 1. The summed E-state index contributed by atoms with van der Waals surface area (Å²) in [6, 6.07) is 17.4. The van der Waals surface area contributed by atoms with E-state index >= 15 is 0 Å². The van der Waals surface area contributed by atoms with E-state index in [-0.39, 0.29) is 0 Å². The summed E-state index contributed by atoms with van der Waals surface area (Å²) in [6.45, 7) is 0. The molecule has 1 heterocycles. The Balaban J connectivity index is 1.72. The molecule has 3 rings (SSSR count). The molecule has 0 aliphatic heterocycles. The number of nitrogens with zero attached hydrogens (tertiary/aromatic N) is 4. The number of methoxy groups -OCH3 is 1. The van der Waals surface area contributed by atoms with E-state index in [1.807, 2.05) is 60.7 Å². The maximum Gasteiger partial charge on any atom is 0.181 e. The first-order valence-corrected chi connectivity index (χ1v) is 6.78. The van der Waals surface area contributed by atoms with Gasteiger partial charge in [-0.2, -0.15) is 4.68 Å². The van der Waals surface area contributed by atoms with E-state index in [4.69, 9.17) is 4.74 Å². The van der Waals surface area contributed by atoms with Crippen molar-refractivity contribution in [1.29, 1.82) is 0 Å². The zero-order valence-corrected chi connectivity index (χ0v) is 12.0. The van der Waals surface area contributed by atoms with Crippen LogP contribution in [0.15, 0.2) is 60.8 Å². The lowest BCUT2D eigenvalue weighted by molar-refractivity contribution is 0.415. The highest BCUT2D eigenvalue weighted by Gasteiger charge is 2.03. The van der Waals surface area contributed by atoms with Gasteiger partial charge < -0.3 is 10.1 Å². The van der Waals surface area contributed by atoms with E-state index in [0.717, 1.165) is 17.1 Å². The predicted molar refractivity (Wildman–Crippen MR) is 84.8 cm³/mol. The van der Waals surface area contributed by atoms with Gasteiger partial charge in [-0.1, -0.05) is 18.2 Å². The van der Waals surface area contributed by atoms with Crippen molar-refractivity contribution in [2.75, 3.05) is 12.4 Å². The third-order valence-electron chi connectivity index (χ3n) is 3.07. The largest absolute Gasteiger partial charge is 0.497 e. The van der Waals surface area contributed by atoms with Gasteiger partial charge >= 0.3 is 0 Å². The molecule has 1 aromatic heterocycles. The number of hydrogen-bond donors (Lipinski definition) is 1. The lowest BCUT2D eigenvalue weighted by Gasteiger charge is -2.03. The molecule has 110 valence electrons. The van der Waals surface area contributed by atoms with Crippen LogP contribution in [0.3, 0.4) is 0 Å². The Morgan fingerprint density at radius 1 is 1.05 bits per heavy atom. The minimum atomic E-state index is 0.646. The smallest absolute Gasteiger partial charge is 0.181 e. The molecule has 6 nitrogen and oxygen atoms in total. The number of hydrogen-bond acceptors (Lipinski definition) is 5. The highest BCUT2D eigenvalue weighted by Crippen LogP contribution is 2.15. The van der Waals surface area contributed by atoms with Crippen LogP contribution in [-0.2, 0) is 0 Å². The molecule has 0 fully saturated rings. The molecule has 22 heavy (non-hydrogen) atoms. The summed E-state index contributed by atoms with van der Waals surface area (Å²) >= 11 is 0. The van der Waals surface area contributed by atoms with Crippen molar-refractivity contribution in [2.45, 2.75) is 0 Å². The van der Waals surface area contributed by atoms with E-state index in [1.165, 1.54) is 0 Å². The van der Waals surface area contributed by atoms with Crippen molar-refractivity contribution in [2.24, 2.45) is 0 Å². The molecular weight excluding hydrogens is 278 g/mol. The van der Waals surface area contributed by atoms with Crippen LogP contribution in [0.25, 0.3) is 11.8 Å². The normalized spacial score (nSPS) is 10.8. The van der Waals surface area contributed by atoms with Crippen LogP contribution in [0.4, 0.5) is 5.69 Å². The molecule has 0 unspecified atom stereocenters. The Bertz CT molecular complexity index is 750. The first kappa shape index (κ1) is 13.8. The summed E-state index contributed by atoms with van der Waals surface area (Å²) in [5.74, 6) is 1.47. The SMILES string of the molecule is COc1ccc(N/C=C\c2nnnn2-c2ccccc2)cc1. The van der Waals surface area contributed by atoms with Crippen LogP contribution in [0.5, 0.6) is 5.75 Å². The number of tetrazole rings is 1. The second kappa shape index (κ2) is 6.53. The summed E-state index contributed by atoms with van der Waals surface area (Å²) in [7, 11) is 1.64. The summed E-state index contributed by atoms with van der Waals surface area (Å²) < 4.78 is 6.79. The van der Waals surface area contributed by atoms with Crippen molar-refractivity contribution < 1.29 is 4.74 Å². The molecule has 2 aromatic carbocycles. The minimum absolute atomic E-state index is 0.646. The van der Waals surface area contributed by atoms with Crippen LogP contribution >= 0.6 is 0 Å². The molecule has 0 atom stereocenters. The molecule has 0 radical (unpaired) electrons. The van der Waals surface area contributed by atoms with Gasteiger partial charge in [-0.15, -0.1) is 5.10 Å². The topological polar surface area (TPSA) is 64.9 Å². The molecule has 0 aliphatic carbocycles. The Kier molecular flexibility index (Phi) is 4.10. The standard InChI is InChI=1S/C16H15N5O/c1-22-15-9-7-13(8-10-15)17-12-11-16-18-19-20-21(16)14-5-3-2-4-6-14/h2-12,17H,1H3/b12-11-. The molecule has 3 aromatic rings. The van der Waals surface area contributed by atoms with Crippen molar-refractivity contribution >= 4 is 11.8 Å². The summed E-state index contributed by atoms with van der Waals surface area (Å²) in [4.78, 5) is 0. The van der Waals surface area contributed by atoms with Gasteiger partial charge in [-0.05, 0) is 46.8 Å². The average Bonchev–Trinajstić information content (AvgIpc) is 3.05. The third-order valence-corrected chi connectivity index (χ3v) is 3.07. The van der Waals surface area contributed by atoms with E-state index in [9.17, 15) is 0 Å². The van der Waals surface area contributed by atoms with Gasteiger partial charge in [0.05, 0.1) is 12.8 Å². The van der Waals surface area contributed by atoms with Gasteiger partial charge in [0.2, 0.25) is 0 Å². The zero-order chi connectivity index (χ0) is 15.2. The fraction of sp³-hybridized carbons (Fsp3) is 0.0625. The molecule has 0 aliphatic rings. The zero-order valence-electron chi connectivity index (χ0n) is 12.0. The number of nitrogens with one attached hydrogen (secondary N) is 1. The van der Waals surface area contributed by atoms with E-state index in [2.05, 4.69) is 20.8 Å². The van der Waals surface area contributed by atoms with Crippen molar-refractivity contribution in [1.82, 2.24) is 20.2 Å². The predicted octanol–water partition coefficient (Wildman–Crippen LogP) is 2.75. The van der Waals surface area contributed by atoms with Crippen LogP contribution in [0.1, 0.15) is 5.82 Å². The lowest BCUT2D eigenvalue weighted by atomic mass is 10.3. The minimum Gasteiger partial charge on any atom is -0.497 e. The van der Waals surface area contributed by atoms with Gasteiger partial charge in [-0.3, -0.25) is 0 Å².